The molecule has 2 heterocycles. The molecule has 1 aliphatic rings. The molecule has 8 nitrogen and oxygen atoms in total. The van der Waals surface area contributed by atoms with Crippen molar-refractivity contribution in [1.29, 1.82) is 0 Å². The molecule has 242 valence electrons. The second-order valence-corrected chi connectivity index (χ2v) is 13.3. The van der Waals surface area contributed by atoms with Crippen molar-refractivity contribution in [3.05, 3.63) is 89.7 Å². The normalized spacial score (nSPS) is 16.5. The van der Waals surface area contributed by atoms with Crippen molar-refractivity contribution in [2.75, 3.05) is 17.2 Å². The van der Waals surface area contributed by atoms with E-state index in [9.17, 15) is 18.0 Å². The number of nitrogens with one attached hydrogen (secondary N) is 1. The Bertz CT molecular complexity index is 1680. The van der Waals surface area contributed by atoms with Gasteiger partial charge in [0, 0.05) is 29.6 Å². The Morgan fingerprint density at radius 1 is 1.04 bits per heavy atom. The Kier molecular flexibility index (Phi) is 9.76. The fourth-order valence-electron chi connectivity index (χ4n) is 5.44. The molecule has 1 fully saturated rings. The number of thioether (sulfide) groups is 1. The zero-order chi connectivity index (χ0) is 33.1. The molecule has 12 heteroatoms. The summed E-state index contributed by atoms with van der Waals surface area (Å²) in [5, 5.41) is 8.22. The van der Waals surface area contributed by atoms with Crippen molar-refractivity contribution < 1.29 is 22.7 Å². The number of amides is 2. The van der Waals surface area contributed by atoms with E-state index in [1.807, 2.05) is 30.3 Å². The van der Waals surface area contributed by atoms with Crippen LogP contribution in [0.25, 0.3) is 17.1 Å². The SMILES string of the molecule is Cc1cccc(C)c1N1C(=NC(=O)NCC(C)(C)Cc2ccc(-c3ncn(-c4ccc(OC(F)(F)F)cc4)n3)cc2)SCCC1C. The fourth-order valence-corrected chi connectivity index (χ4v) is 6.64. The Morgan fingerprint density at radius 3 is 2.37 bits per heavy atom. The first-order chi connectivity index (χ1) is 21.8. The number of urea groups is 1. The molecule has 4 aromatic rings. The van der Waals surface area contributed by atoms with Gasteiger partial charge in [-0.25, -0.2) is 14.5 Å². The van der Waals surface area contributed by atoms with Crippen LogP contribution in [0.15, 0.2) is 78.0 Å². The van der Waals surface area contributed by atoms with Crippen molar-refractivity contribution >= 4 is 28.6 Å². The maximum atomic E-state index is 13.0. The van der Waals surface area contributed by atoms with Crippen LogP contribution in [-0.2, 0) is 6.42 Å². The number of carbonyl (C=O) groups is 1. The number of anilines is 1. The van der Waals surface area contributed by atoms with Crippen molar-refractivity contribution in [3.8, 4) is 22.8 Å². The van der Waals surface area contributed by atoms with E-state index in [-0.39, 0.29) is 23.2 Å². The first kappa shape index (κ1) is 33.1. The highest BCUT2D eigenvalue weighted by molar-refractivity contribution is 8.14. The van der Waals surface area contributed by atoms with Crippen LogP contribution in [0.2, 0.25) is 0 Å². The molecule has 1 N–H and O–H groups in total. The van der Waals surface area contributed by atoms with Crippen LogP contribution in [0.4, 0.5) is 23.7 Å². The second-order valence-electron chi connectivity index (χ2n) is 12.2. The summed E-state index contributed by atoms with van der Waals surface area (Å²) < 4.78 is 42.7. The molecule has 46 heavy (non-hydrogen) atoms. The van der Waals surface area contributed by atoms with E-state index in [4.69, 9.17) is 0 Å². The molecular formula is C34H37F3N6O2S. The fraction of sp³-hybridized carbons (Fsp3) is 0.353. The molecule has 0 spiro atoms. The van der Waals surface area contributed by atoms with Crippen LogP contribution in [0.1, 0.15) is 43.9 Å². The van der Waals surface area contributed by atoms with Crippen LogP contribution in [0.5, 0.6) is 5.75 Å². The van der Waals surface area contributed by atoms with E-state index >= 15 is 0 Å². The number of carbonyl (C=O) groups excluding carboxylic acids is 1. The van der Waals surface area contributed by atoms with Crippen molar-refractivity contribution in [2.24, 2.45) is 10.4 Å². The van der Waals surface area contributed by atoms with E-state index in [1.165, 1.54) is 35.3 Å². The number of aryl methyl sites for hydroxylation is 2. The minimum absolute atomic E-state index is 0.238. The molecule has 0 saturated carbocycles. The monoisotopic (exact) mass is 650 g/mol. The van der Waals surface area contributed by atoms with Gasteiger partial charge in [-0.1, -0.05) is 68.1 Å². The standard InChI is InChI=1S/C34H37F3N6O2S/c1-22-7-6-8-23(2)29(22)43-24(3)17-18-46-32(43)40-31(44)38-20-33(4,5)19-25-9-11-26(12-10-25)30-39-21-42(41-30)27-13-15-28(16-14-27)45-34(35,36)37/h6-16,21,24H,17-20H2,1-5H3,(H,38,44). The number of amidine groups is 1. The van der Waals surface area contributed by atoms with Gasteiger partial charge in [-0.3, -0.25) is 0 Å². The third-order valence-corrected chi connectivity index (χ3v) is 8.72. The van der Waals surface area contributed by atoms with E-state index in [0.29, 0.717) is 18.1 Å². The molecular weight excluding hydrogens is 613 g/mol. The highest BCUT2D eigenvalue weighted by Gasteiger charge is 2.31. The lowest BCUT2D eigenvalue weighted by atomic mass is 9.85. The molecule has 2 amide bonds. The summed E-state index contributed by atoms with van der Waals surface area (Å²) in [4.78, 5) is 24.1. The minimum atomic E-state index is -4.75. The lowest BCUT2D eigenvalue weighted by Crippen LogP contribution is -2.43. The highest BCUT2D eigenvalue weighted by atomic mass is 32.2. The summed E-state index contributed by atoms with van der Waals surface area (Å²) in [5.74, 6) is 1.10. The van der Waals surface area contributed by atoms with Crippen LogP contribution >= 0.6 is 11.8 Å². The predicted molar refractivity (Wildman–Crippen MR) is 177 cm³/mol. The number of benzene rings is 3. The quantitative estimate of drug-likeness (QED) is 0.207. The average molecular weight is 651 g/mol. The molecule has 1 saturated heterocycles. The van der Waals surface area contributed by atoms with Gasteiger partial charge in [0.2, 0.25) is 0 Å². The number of aliphatic imine (C=N–C) groups is 1. The number of ether oxygens (including phenoxy) is 1. The first-order valence-electron chi connectivity index (χ1n) is 15.0. The molecule has 5 rings (SSSR count). The lowest BCUT2D eigenvalue weighted by molar-refractivity contribution is -0.274. The van der Waals surface area contributed by atoms with Gasteiger partial charge in [0.05, 0.1) is 5.69 Å². The topological polar surface area (TPSA) is 84.6 Å². The van der Waals surface area contributed by atoms with E-state index in [2.05, 4.69) is 76.8 Å². The number of hydrogen-bond acceptors (Lipinski definition) is 5. The average Bonchev–Trinajstić information content (AvgIpc) is 3.48. The maximum absolute atomic E-state index is 13.0. The molecule has 1 aromatic heterocycles. The zero-order valence-electron chi connectivity index (χ0n) is 26.4. The Balaban J connectivity index is 1.19. The number of hydrogen-bond donors (Lipinski definition) is 1. The third-order valence-electron chi connectivity index (χ3n) is 7.73. The second kappa shape index (κ2) is 13.6. The zero-order valence-corrected chi connectivity index (χ0v) is 27.2. The van der Waals surface area contributed by atoms with Crippen LogP contribution < -0.4 is 15.0 Å². The number of rotatable bonds is 8. The molecule has 3 aromatic carbocycles. The number of para-hydroxylation sites is 1. The van der Waals surface area contributed by atoms with Gasteiger partial charge in [-0.2, -0.15) is 4.99 Å². The van der Waals surface area contributed by atoms with Gasteiger partial charge < -0.3 is 15.0 Å². The number of nitrogens with zero attached hydrogens (tertiary/aromatic N) is 5. The van der Waals surface area contributed by atoms with E-state index in [1.54, 1.807) is 11.8 Å². The minimum Gasteiger partial charge on any atom is -0.406 e. The largest absolute Gasteiger partial charge is 0.573 e. The van der Waals surface area contributed by atoms with E-state index < -0.39 is 6.36 Å². The molecule has 0 bridgehead atoms. The number of aromatic nitrogens is 3. The summed E-state index contributed by atoms with van der Waals surface area (Å²) in [7, 11) is 0. The summed E-state index contributed by atoms with van der Waals surface area (Å²) in [5.41, 5.74) is 5.64. The summed E-state index contributed by atoms with van der Waals surface area (Å²) >= 11 is 1.61. The Hall–Kier alpha value is -4.32. The molecule has 0 radical (unpaired) electrons. The van der Waals surface area contributed by atoms with Crippen molar-refractivity contribution in [3.63, 3.8) is 0 Å². The smallest absolute Gasteiger partial charge is 0.406 e. The lowest BCUT2D eigenvalue weighted by Gasteiger charge is -2.37. The Morgan fingerprint density at radius 2 is 1.72 bits per heavy atom. The summed E-state index contributed by atoms with van der Waals surface area (Å²) in [6.07, 6.45) is -1.51. The van der Waals surface area contributed by atoms with Crippen molar-refractivity contribution in [2.45, 2.75) is 59.9 Å². The van der Waals surface area contributed by atoms with Crippen LogP contribution in [0, 0.1) is 19.3 Å². The third kappa shape index (κ3) is 8.28. The molecule has 1 unspecified atom stereocenters. The number of alkyl halides is 3. The summed E-state index contributed by atoms with van der Waals surface area (Å²) in [6.45, 7) is 11.0. The first-order valence-corrected chi connectivity index (χ1v) is 16.0. The van der Waals surface area contributed by atoms with E-state index in [0.717, 1.165) is 51.7 Å². The van der Waals surface area contributed by atoms with Crippen LogP contribution in [0.3, 0.4) is 0 Å². The van der Waals surface area contributed by atoms with Gasteiger partial charge >= 0.3 is 12.4 Å². The van der Waals surface area contributed by atoms with Gasteiger partial charge in [-0.15, -0.1) is 18.3 Å². The van der Waals surface area contributed by atoms with Gasteiger partial charge in [0.15, 0.2) is 11.0 Å². The van der Waals surface area contributed by atoms with Gasteiger partial charge in [0.25, 0.3) is 0 Å². The predicted octanol–water partition coefficient (Wildman–Crippen LogP) is 8.12. The maximum Gasteiger partial charge on any atom is 0.573 e. The summed E-state index contributed by atoms with van der Waals surface area (Å²) in [6, 6.07) is 19.4. The molecule has 0 aliphatic carbocycles. The Labute approximate surface area is 271 Å². The van der Waals surface area contributed by atoms with Gasteiger partial charge in [-0.05, 0) is 80.0 Å². The number of halogens is 3. The van der Waals surface area contributed by atoms with Crippen LogP contribution in [-0.4, -0.2) is 50.7 Å². The van der Waals surface area contributed by atoms with Gasteiger partial charge in [0.1, 0.15) is 12.1 Å². The molecule has 1 aliphatic heterocycles. The van der Waals surface area contributed by atoms with Crippen molar-refractivity contribution in [1.82, 2.24) is 20.1 Å². The molecule has 1 atom stereocenters. The highest BCUT2D eigenvalue weighted by Crippen LogP contribution is 2.34.